The summed E-state index contributed by atoms with van der Waals surface area (Å²) in [7, 11) is 0. The van der Waals surface area contributed by atoms with Crippen LogP contribution in [0, 0.1) is 11.7 Å². The molecule has 1 fully saturated rings. The summed E-state index contributed by atoms with van der Waals surface area (Å²) >= 11 is 0. The molecule has 5 heteroatoms. The van der Waals surface area contributed by atoms with Crippen LogP contribution in [0.25, 0.3) is 0 Å². The van der Waals surface area contributed by atoms with E-state index in [1.807, 2.05) is 0 Å². The van der Waals surface area contributed by atoms with Crippen LogP contribution in [0.3, 0.4) is 0 Å². The molecule has 1 heterocycles. The number of rotatable bonds is 2. The monoisotopic (exact) mass is 251 g/mol. The number of hydrogen-bond donors (Lipinski definition) is 2. The average molecular weight is 251 g/mol. The van der Waals surface area contributed by atoms with Crippen LogP contribution in [0.5, 0.6) is 0 Å². The zero-order valence-electron chi connectivity index (χ0n) is 10.4. The van der Waals surface area contributed by atoms with E-state index in [0.29, 0.717) is 5.92 Å². The maximum absolute atomic E-state index is 13.7. The Morgan fingerprint density at radius 1 is 1.50 bits per heavy atom. The molecular formula is C13H18FN3O. The summed E-state index contributed by atoms with van der Waals surface area (Å²) in [5.74, 6) is -0.942. The van der Waals surface area contributed by atoms with E-state index in [1.54, 1.807) is 0 Å². The summed E-state index contributed by atoms with van der Waals surface area (Å²) in [5, 5.41) is 2.89. The molecule has 2 atom stereocenters. The van der Waals surface area contributed by atoms with Crippen molar-refractivity contribution in [3.63, 3.8) is 0 Å². The van der Waals surface area contributed by atoms with Gasteiger partial charge in [0.1, 0.15) is 0 Å². The Morgan fingerprint density at radius 2 is 2.22 bits per heavy atom. The summed E-state index contributed by atoms with van der Waals surface area (Å²) in [5.41, 5.74) is 5.33. The number of carbonyl (C=O) groups is 1. The highest BCUT2D eigenvalue weighted by Crippen LogP contribution is 2.24. The van der Waals surface area contributed by atoms with Crippen molar-refractivity contribution in [2.45, 2.75) is 38.6 Å². The Labute approximate surface area is 106 Å². The van der Waals surface area contributed by atoms with Gasteiger partial charge in [-0.1, -0.05) is 19.8 Å². The summed E-state index contributed by atoms with van der Waals surface area (Å²) in [6, 6.07) is 1.48. The molecule has 1 aliphatic rings. The highest BCUT2D eigenvalue weighted by molar-refractivity contribution is 5.95. The third-order valence-electron chi connectivity index (χ3n) is 3.59. The predicted molar refractivity (Wildman–Crippen MR) is 67.5 cm³/mol. The Morgan fingerprint density at radius 3 is 2.94 bits per heavy atom. The van der Waals surface area contributed by atoms with Crippen LogP contribution >= 0.6 is 0 Å². The zero-order chi connectivity index (χ0) is 13.1. The minimum atomic E-state index is -0.738. The molecular weight excluding hydrogens is 233 g/mol. The van der Waals surface area contributed by atoms with Crippen LogP contribution in [0.15, 0.2) is 12.3 Å². The van der Waals surface area contributed by atoms with Gasteiger partial charge in [-0.05, 0) is 24.8 Å². The van der Waals surface area contributed by atoms with Gasteiger partial charge in [-0.15, -0.1) is 0 Å². The smallest absolute Gasteiger partial charge is 0.254 e. The lowest BCUT2D eigenvalue weighted by atomic mass is 9.86. The van der Waals surface area contributed by atoms with E-state index in [0.717, 1.165) is 19.3 Å². The minimum absolute atomic E-state index is 0.0275. The molecule has 1 aromatic rings. The molecule has 2 rings (SSSR count). The first-order chi connectivity index (χ1) is 8.59. The fraction of sp³-hybridized carbons (Fsp3) is 0.538. The Bertz CT molecular complexity index is 450. The number of hydrogen-bond acceptors (Lipinski definition) is 3. The number of pyridine rings is 1. The highest BCUT2D eigenvalue weighted by Gasteiger charge is 2.24. The van der Waals surface area contributed by atoms with Gasteiger partial charge in [-0.3, -0.25) is 4.79 Å². The van der Waals surface area contributed by atoms with E-state index in [4.69, 9.17) is 5.73 Å². The van der Waals surface area contributed by atoms with Gasteiger partial charge in [0.25, 0.3) is 5.91 Å². The quantitative estimate of drug-likeness (QED) is 0.846. The Balaban J connectivity index is 2.09. The molecule has 0 aliphatic heterocycles. The average Bonchev–Trinajstić information content (AvgIpc) is 2.35. The second-order valence-electron chi connectivity index (χ2n) is 4.90. The molecule has 0 aromatic carbocycles. The van der Waals surface area contributed by atoms with E-state index >= 15 is 0 Å². The van der Waals surface area contributed by atoms with E-state index < -0.39 is 11.7 Å². The van der Waals surface area contributed by atoms with E-state index in [2.05, 4.69) is 17.2 Å². The third-order valence-corrected chi connectivity index (χ3v) is 3.59. The van der Waals surface area contributed by atoms with Gasteiger partial charge in [0.05, 0.1) is 5.56 Å². The topological polar surface area (TPSA) is 68.0 Å². The lowest BCUT2D eigenvalue weighted by Gasteiger charge is -2.29. The molecule has 0 radical (unpaired) electrons. The standard InChI is InChI=1S/C13H18FN3O/c1-8-4-2-3-5-10(8)17-13(18)9-6-7-16-12(15)11(9)14/h6-8,10H,2-5H2,1H3,(H2,15,16)(H,17,18). The second-order valence-corrected chi connectivity index (χ2v) is 4.90. The lowest BCUT2D eigenvalue weighted by molar-refractivity contribution is 0.0906. The molecule has 98 valence electrons. The molecule has 4 nitrogen and oxygen atoms in total. The SMILES string of the molecule is CC1CCCCC1NC(=O)c1ccnc(N)c1F. The molecule has 1 amide bonds. The second kappa shape index (κ2) is 5.33. The van der Waals surface area contributed by atoms with Crippen LogP contribution in [-0.2, 0) is 0 Å². The first-order valence-corrected chi connectivity index (χ1v) is 6.30. The molecule has 1 saturated carbocycles. The van der Waals surface area contributed by atoms with Crippen molar-refractivity contribution in [3.05, 3.63) is 23.6 Å². The minimum Gasteiger partial charge on any atom is -0.381 e. The first-order valence-electron chi connectivity index (χ1n) is 6.30. The van der Waals surface area contributed by atoms with Gasteiger partial charge in [-0.25, -0.2) is 9.37 Å². The first kappa shape index (κ1) is 12.8. The van der Waals surface area contributed by atoms with Gasteiger partial charge in [0.2, 0.25) is 0 Å². The van der Waals surface area contributed by atoms with Gasteiger partial charge in [0.15, 0.2) is 11.6 Å². The largest absolute Gasteiger partial charge is 0.381 e. The molecule has 3 N–H and O–H groups in total. The number of nitrogens with zero attached hydrogens (tertiary/aromatic N) is 1. The molecule has 0 bridgehead atoms. The molecule has 2 unspecified atom stereocenters. The van der Waals surface area contributed by atoms with Gasteiger partial charge >= 0.3 is 0 Å². The molecule has 0 spiro atoms. The maximum Gasteiger partial charge on any atom is 0.254 e. The van der Waals surface area contributed by atoms with Gasteiger partial charge in [-0.2, -0.15) is 0 Å². The van der Waals surface area contributed by atoms with Crippen molar-refractivity contribution in [1.29, 1.82) is 0 Å². The van der Waals surface area contributed by atoms with Crippen LogP contribution in [0.4, 0.5) is 10.2 Å². The highest BCUT2D eigenvalue weighted by atomic mass is 19.1. The van der Waals surface area contributed by atoms with Crippen LogP contribution in [0.1, 0.15) is 43.0 Å². The fourth-order valence-corrected chi connectivity index (χ4v) is 2.41. The van der Waals surface area contributed by atoms with Crippen LogP contribution in [-0.4, -0.2) is 16.9 Å². The number of halogens is 1. The van der Waals surface area contributed by atoms with Crippen molar-refractivity contribution >= 4 is 11.7 Å². The number of anilines is 1. The van der Waals surface area contributed by atoms with Crippen molar-refractivity contribution in [2.75, 3.05) is 5.73 Å². The van der Waals surface area contributed by atoms with Crippen molar-refractivity contribution in [3.8, 4) is 0 Å². The summed E-state index contributed by atoms with van der Waals surface area (Å²) < 4.78 is 13.7. The van der Waals surface area contributed by atoms with Gasteiger partial charge < -0.3 is 11.1 Å². The number of nitrogen functional groups attached to an aromatic ring is 1. The zero-order valence-corrected chi connectivity index (χ0v) is 10.4. The molecule has 1 aliphatic carbocycles. The van der Waals surface area contributed by atoms with Crippen molar-refractivity contribution < 1.29 is 9.18 Å². The molecule has 0 saturated heterocycles. The number of amides is 1. The van der Waals surface area contributed by atoms with Crippen LogP contribution in [0.2, 0.25) is 0 Å². The number of carbonyl (C=O) groups excluding carboxylic acids is 1. The molecule has 1 aromatic heterocycles. The maximum atomic E-state index is 13.7. The summed E-state index contributed by atoms with van der Waals surface area (Å²) in [4.78, 5) is 15.6. The Kier molecular flexibility index (Phi) is 3.79. The summed E-state index contributed by atoms with van der Waals surface area (Å²) in [6.07, 6.45) is 5.71. The van der Waals surface area contributed by atoms with Crippen LogP contribution < -0.4 is 11.1 Å². The summed E-state index contributed by atoms with van der Waals surface area (Å²) in [6.45, 7) is 2.11. The van der Waals surface area contributed by atoms with E-state index in [1.165, 1.54) is 18.7 Å². The van der Waals surface area contributed by atoms with Crippen molar-refractivity contribution in [2.24, 2.45) is 5.92 Å². The van der Waals surface area contributed by atoms with E-state index in [-0.39, 0.29) is 17.4 Å². The van der Waals surface area contributed by atoms with Crippen molar-refractivity contribution in [1.82, 2.24) is 10.3 Å². The number of nitrogens with one attached hydrogen (secondary N) is 1. The Hall–Kier alpha value is -1.65. The molecule has 18 heavy (non-hydrogen) atoms. The number of nitrogens with two attached hydrogens (primary N) is 1. The predicted octanol–water partition coefficient (Wildman–Crippen LogP) is 2.11. The number of aromatic nitrogens is 1. The third kappa shape index (κ3) is 2.60. The van der Waals surface area contributed by atoms with E-state index in [9.17, 15) is 9.18 Å². The fourth-order valence-electron chi connectivity index (χ4n) is 2.41. The normalized spacial score (nSPS) is 23.7. The lowest BCUT2D eigenvalue weighted by Crippen LogP contribution is -2.41. The van der Waals surface area contributed by atoms with Gasteiger partial charge in [0, 0.05) is 12.2 Å².